The summed E-state index contributed by atoms with van der Waals surface area (Å²) in [5.74, 6) is -1.68. The van der Waals surface area contributed by atoms with E-state index in [-0.39, 0.29) is 53.5 Å². The van der Waals surface area contributed by atoms with Crippen LogP contribution in [0.5, 0.6) is 0 Å². The third-order valence-corrected chi connectivity index (χ3v) is 7.69. The van der Waals surface area contributed by atoms with Gasteiger partial charge >= 0.3 is 12.1 Å². The number of halogens is 1. The van der Waals surface area contributed by atoms with Crippen LogP contribution in [0.15, 0.2) is 6.07 Å². The number of aromatic nitrogens is 2. The van der Waals surface area contributed by atoms with Gasteiger partial charge in [0.2, 0.25) is 0 Å². The van der Waals surface area contributed by atoms with Gasteiger partial charge in [0.25, 0.3) is 5.91 Å². The monoisotopic (exact) mass is 574 g/mol. The number of anilines is 1. The molecule has 2 aromatic heterocycles. The fourth-order valence-electron chi connectivity index (χ4n) is 5.10. The number of nitrogens with one attached hydrogen (secondary N) is 1. The van der Waals surface area contributed by atoms with Crippen molar-refractivity contribution in [2.75, 3.05) is 5.32 Å². The summed E-state index contributed by atoms with van der Waals surface area (Å²) in [5.41, 5.74) is -0.157. The van der Waals surface area contributed by atoms with Crippen molar-refractivity contribution in [3.05, 3.63) is 28.7 Å². The van der Waals surface area contributed by atoms with Gasteiger partial charge < -0.3 is 14.8 Å². The van der Waals surface area contributed by atoms with E-state index >= 15 is 4.39 Å². The number of amides is 2. The van der Waals surface area contributed by atoms with Gasteiger partial charge in [-0.05, 0) is 84.3 Å². The molecule has 4 rings (SSSR count). The molecule has 2 aromatic rings. The van der Waals surface area contributed by atoms with E-state index in [1.54, 1.807) is 20.8 Å². The Hall–Kier alpha value is -3.08. The minimum Gasteiger partial charge on any atom is -0.460 e. The normalized spacial score (nSPS) is 19.4. The van der Waals surface area contributed by atoms with E-state index in [1.807, 2.05) is 33.8 Å². The Bertz CT molecular complexity index is 1300. The van der Waals surface area contributed by atoms with Crippen molar-refractivity contribution in [1.82, 2.24) is 14.3 Å². The van der Waals surface area contributed by atoms with Gasteiger partial charge in [0, 0.05) is 11.6 Å². The number of rotatable bonds is 6. The van der Waals surface area contributed by atoms with Crippen molar-refractivity contribution >= 4 is 35.3 Å². The van der Waals surface area contributed by atoms with Crippen molar-refractivity contribution in [2.45, 2.75) is 111 Å². The molecule has 0 spiro atoms. The zero-order valence-electron chi connectivity index (χ0n) is 24.4. The topological polar surface area (TPSA) is 111 Å². The molecular weight excluding hydrogens is 535 g/mol. The highest BCUT2D eigenvalue weighted by Gasteiger charge is 2.41. The maximum atomic E-state index is 16.1. The molecule has 1 aliphatic heterocycles. The third-order valence-electron chi connectivity index (χ3n) is 6.86. The molecule has 9 nitrogen and oxygen atoms in total. The molecule has 2 atom stereocenters. The number of hydrogen-bond donors (Lipinski definition) is 1. The van der Waals surface area contributed by atoms with E-state index in [0.717, 1.165) is 36.3 Å². The van der Waals surface area contributed by atoms with Crippen LogP contribution >= 0.6 is 11.5 Å². The fraction of sp³-hybridized carbons (Fsp3) is 0.621. The predicted molar refractivity (Wildman–Crippen MR) is 151 cm³/mol. The van der Waals surface area contributed by atoms with Gasteiger partial charge in [0.05, 0.1) is 34.8 Å². The van der Waals surface area contributed by atoms with Crippen LogP contribution in [0.25, 0.3) is 10.6 Å². The third kappa shape index (κ3) is 6.79. The molecule has 2 amide bonds. The Kier molecular flexibility index (Phi) is 8.54. The Morgan fingerprint density at radius 2 is 1.80 bits per heavy atom. The van der Waals surface area contributed by atoms with Crippen LogP contribution in [0.3, 0.4) is 0 Å². The smallest absolute Gasteiger partial charge is 0.417 e. The average molecular weight is 575 g/mol. The lowest BCUT2D eigenvalue weighted by atomic mass is 9.82. The highest BCUT2D eigenvalue weighted by Crippen LogP contribution is 2.39. The summed E-state index contributed by atoms with van der Waals surface area (Å²) in [6, 6.07) is 1.63. The summed E-state index contributed by atoms with van der Waals surface area (Å²) >= 11 is 1.18. The molecule has 1 saturated carbocycles. The molecule has 40 heavy (non-hydrogen) atoms. The van der Waals surface area contributed by atoms with Gasteiger partial charge in [-0.1, -0.05) is 19.8 Å². The van der Waals surface area contributed by atoms with Gasteiger partial charge in [-0.3, -0.25) is 9.59 Å². The number of ether oxygens (including phenoxy) is 2. The van der Waals surface area contributed by atoms with E-state index in [0.29, 0.717) is 11.3 Å². The van der Waals surface area contributed by atoms with E-state index in [2.05, 4.69) is 14.7 Å². The van der Waals surface area contributed by atoms with Crippen molar-refractivity contribution in [2.24, 2.45) is 5.92 Å². The number of imide groups is 1. The van der Waals surface area contributed by atoms with Crippen molar-refractivity contribution in [3.63, 3.8) is 0 Å². The molecule has 0 unspecified atom stereocenters. The minimum atomic E-state index is -0.836. The first-order valence-electron chi connectivity index (χ1n) is 13.9. The molecule has 2 aliphatic rings. The molecule has 1 N–H and O–H groups in total. The first kappa shape index (κ1) is 29.9. The first-order valence-corrected chi connectivity index (χ1v) is 14.7. The van der Waals surface area contributed by atoms with Gasteiger partial charge in [0.15, 0.2) is 11.6 Å². The summed E-state index contributed by atoms with van der Waals surface area (Å²) in [5, 5.41) is 3.27. The summed E-state index contributed by atoms with van der Waals surface area (Å²) in [4.78, 5) is 45.1. The molecule has 0 saturated heterocycles. The van der Waals surface area contributed by atoms with Crippen LogP contribution in [0.1, 0.15) is 102 Å². The molecule has 11 heteroatoms. The molecule has 0 radical (unpaired) electrons. The number of fused-ring (bicyclic) bond motifs is 1. The van der Waals surface area contributed by atoms with Gasteiger partial charge in [0.1, 0.15) is 11.2 Å². The van der Waals surface area contributed by atoms with Crippen molar-refractivity contribution in [3.8, 4) is 10.6 Å². The Labute approximate surface area is 239 Å². The number of carbonyl (C=O) groups is 3. The molecule has 0 aromatic carbocycles. The van der Waals surface area contributed by atoms with E-state index in [1.165, 1.54) is 11.5 Å². The fourth-order valence-corrected chi connectivity index (χ4v) is 5.92. The lowest BCUT2D eigenvalue weighted by molar-refractivity contribution is -0.156. The van der Waals surface area contributed by atoms with Crippen LogP contribution in [-0.4, -0.2) is 49.5 Å². The lowest BCUT2D eigenvalue weighted by Gasteiger charge is -2.33. The summed E-state index contributed by atoms with van der Waals surface area (Å²) < 4.78 is 31.5. The first-order chi connectivity index (χ1) is 18.7. The van der Waals surface area contributed by atoms with Crippen molar-refractivity contribution < 1.29 is 28.2 Å². The molecule has 218 valence electrons. The number of esters is 1. The second-order valence-corrected chi connectivity index (χ2v) is 13.3. The number of pyridine rings is 1. The maximum absolute atomic E-state index is 16.1. The van der Waals surface area contributed by atoms with Crippen LogP contribution in [0.2, 0.25) is 0 Å². The Balaban J connectivity index is 1.70. The second kappa shape index (κ2) is 11.4. The molecule has 1 fully saturated rings. The van der Waals surface area contributed by atoms with Crippen LogP contribution in [0.4, 0.5) is 15.0 Å². The lowest BCUT2D eigenvalue weighted by Crippen LogP contribution is -2.37. The molecule has 0 bridgehead atoms. The number of hydrogen-bond acceptors (Lipinski definition) is 9. The van der Waals surface area contributed by atoms with E-state index in [4.69, 9.17) is 9.47 Å². The van der Waals surface area contributed by atoms with E-state index < -0.39 is 29.0 Å². The Morgan fingerprint density at radius 3 is 2.42 bits per heavy atom. The molecule has 3 heterocycles. The number of nitrogens with zero attached hydrogens (tertiary/aromatic N) is 3. The zero-order chi connectivity index (χ0) is 29.4. The van der Waals surface area contributed by atoms with Crippen LogP contribution in [0, 0.1) is 11.7 Å². The summed E-state index contributed by atoms with van der Waals surface area (Å²) in [7, 11) is 0. The van der Waals surface area contributed by atoms with Crippen molar-refractivity contribution in [1.29, 1.82) is 0 Å². The SMILES string of the molecule is CCc1cc(-c2nc(N[C@@H]3CCCC[C@@H]3CC(=O)OC(C)(C)C)c(F)c3c2C(=O)N(C(=O)OC(C)(C)C)C3)sn1. The van der Waals surface area contributed by atoms with E-state index in [9.17, 15) is 14.4 Å². The minimum absolute atomic E-state index is 0.000117. The quantitative estimate of drug-likeness (QED) is 0.389. The standard InChI is InChI=1S/C29H39FN4O5S/c1-8-17-14-20(40-33-17)24-22-18(15-34(26(22)36)27(37)39-29(5,6)7)23(30)25(32-24)31-19-12-10-9-11-16(19)13-21(35)38-28(2,3)4/h14,16,19H,8-13,15H2,1-7H3,(H,31,32)/t16-,19-/m1/s1. The van der Waals surface area contributed by atoms with Gasteiger partial charge in [-0.2, -0.15) is 4.37 Å². The highest BCUT2D eigenvalue weighted by atomic mass is 32.1. The number of aryl methyl sites for hydroxylation is 1. The van der Waals surface area contributed by atoms with Gasteiger partial charge in [-0.15, -0.1) is 0 Å². The molecular formula is C29H39FN4O5S. The predicted octanol–water partition coefficient (Wildman–Crippen LogP) is 6.50. The molecule has 1 aliphatic carbocycles. The highest BCUT2D eigenvalue weighted by molar-refractivity contribution is 7.09. The average Bonchev–Trinajstić information content (AvgIpc) is 3.45. The van der Waals surface area contributed by atoms with Crippen LogP contribution in [-0.2, 0) is 27.2 Å². The maximum Gasteiger partial charge on any atom is 0.417 e. The summed E-state index contributed by atoms with van der Waals surface area (Å²) in [6.45, 7) is 12.3. The largest absolute Gasteiger partial charge is 0.460 e. The Morgan fingerprint density at radius 1 is 1.12 bits per heavy atom. The zero-order valence-corrected chi connectivity index (χ0v) is 25.2. The number of carbonyl (C=O) groups excluding carboxylic acids is 3. The summed E-state index contributed by atoms with van der Waals surface area (Å²) in [6.07, 6.45) is 3.52. The van der Waals surface area contributed by atoms with Crippen LogP contribution < -0.4 is 5.32 Å². The second-order valence-electron chi connectivity index (χ2n) is 12.5. The van der Waals surface area contributed by atoms with Gasteiger partial charge in [-0.25, -0.2) is 19.1 Å².